The van der Waals surface area contributed by atoms with Gasteiger partial charge in [-0.15, -0.1) is 10.2 Å². The summed E-state index contributed by atoms with van der Waals surface area (Å²) < 4.78 is 7.37. The Hall–Kier alpha value is -1.76. The van der Waals surface area contributed by atoms with E-state index >= 15 is 0 Å². The molecule has 2 atom stereocenters. The maximum absolute atomic E-state index is 12.3. The first-order valence-electron chi connectivity index (χ1n) is 8.58. The number of amides is 1. The monoisotopic (exact) mass is 348 g/mol. The fourth-order valence-corrected chi connectivity index (χ4v) is 3.99. The fourth-order valence-electron chi connectivity index (χ4n) is 3.18. The zero-order valence-corrected chi connectivity index (χ0v) is 15.0. The van der Waals surface area contributed by atoms with E-state index in [0.717, 1.165) is 18.1 Å². The smallest absolute Gasteiger partial charge is 0.230 e. The van der Waals surface area contributed by atoms with E-state index < -0.39 is 0 Å². The molecule has 7 heteroatoms. The van der Waals surface area contributed by atoms with E-state index in [2.05, 4.69) is 22.4 Å². The number of aromatic nitrogens is 3. The van der Waals surface area contributed by atoms with Crippen LogP contribution >= 0.6 is 11.8 Å². The van der Waals surface area contributed by atoms with Crippen molar-refractivity contribution in [1.82, 2.24) is 20.1 Å². The van der Waals surface area contributed by atoms with Crippen LogP contribution in [0.2, 0.25) is 0 Å². The Bertz CT molecular complexity index is 668. The summed E-state index contributed by atoms with van der Waals surface area (Å²) in [5, 5.41) is 12.3. The molecule has 2 unspecified atom stereocenters. The molecule has 2 heterocycles. The first-order chi connectivity index (χ1) is 11.7. The van der Waals surface area contributed by atoms with Crippen LogP contribution in [-0.4, -0.2) is 32.5 Å². The van der Waals surface area contributed by atoms with Gasteiger partial charge in [0.05, 0.1) is 12.0 Å². The molecule has 1 aliphatic carbocycles. The van der Waals surface area contributed by atoms with Gasteiger partial charge in [0.25, 0.3) is 0 Å². The van der Waals surface area contributed by atoms with E-state index in [-0.39, 0.29) is 5.91 Å². The average Bonchev–Trinajstić information content (AvgIpc) is 3.23. The minimum Gasteiger partial charge on any atom is -0.461 e. The molecule has 6 nitrogen and oxygen atoms in total. The Morgan fingerprint density at radius 1 is 1.42 bits per heavy atom. The summed E-state index contributed by atoms with van der Waals surface area (Å²) >= 11 is 1.42. The van der Waals surface area contributed by atoms with Crippen molar-refractivity contribution in [2.45, 2.75) is 57.3 Å². The summed E-state index contributed by atoms with van der Waals surface area (Å²) in [6, 6.07) is 4.01. The van der Waals surface area contributed by atoms with Crippen LogP contribution in [-0.2, 0) is 11.3 Å². The van der Waals surface area contributed by atoms with E-state index in [1.165, 1.54) is 31.0 Å². The summed E-state index contributed by atoms with van der Waals surface area (Å²) in [5.41, 5.74) is 0. The Morgan fingerprint density at radius 3 is 2.96 bits per heavy atom. The molecular weight excluding hydrogens is 324 g/mol. The highest BCUT2D eigenvalue weighted by atomic mass is 32.2. The predicted octanol–water partition coefficient (Wildman–Crippen LogP) is 3.35. The Morgan fingerprint density at radius 2 is 2.25 bits per heavy atom. The van der Waals surface area contributed by atoms with Crippen LogP contribution in [0.25, 0.3) is 11.6 Å². The van der Waals surface area contributed by atoms with Crippen LogP contribution in [0.5, 0.6) is 0 Å². The van der Waals surface area contributed by atoms with Gasteiger partial charge in [-0.1, -0.05) is 31.5 Å². The second-order valence-corrected chi connectivity index (χ2v) is 7.19. The highest BCUT2D eigenvalue weighted by Gasteiger charge is 2.23. The molecular formula is C17H24N4O2S. The van der Waals surface area contributed by atoms with Gasteiger partial charge in [-0.3, -0.25) is 9.36 Å². The van der Waals surface area contributed by atoms with Crippen molar-refractivity contribution in [3.63, 3.8) is 0 Å². The molecule has 0 radical (unpaired) electrons. The molecule has 1 aliphatic rings. The average molecular weight is 348 g/mol. The molecule has 130 valence electrons. The number of nitrogens with one attached hydrogen (secondary N) is 1. The number of nitrogens with zero attached hydrogens (tertiary/aromatic N) is 3. The quantitative estimate of drug-likeness (QED) is 0.811. The summed E-state index contributed by atoms with van der Waals surface area (Å²) in [6.07, 6.45) is 6.40. The van der Waals surface area contributed by atoms with Crippen molar-refractivity contribution in [3.05, 3.63) is 18.4 Å². The van der Waals surface area contributed by atoms with Gasteiger partial charge < -0.3 is 9.73 Å². The van der Waals surface area contributed by atoms with Gasteiger partial charge in [-0.2, -0.15) is 0 Å². The van der Waals surface area contributed by atoms with Crippen molar-refractivity contribution in [1.29, 1.82) is 0 Å². The maximum Gasteiger partial charge on any atom is 0.230 e. The minimum absolute atomic E-state index is 0.0731. The fraction of sp³-hybridized carbons (Fsp3) is 0.588. The SMILES string of the molecule is CCn1c(SCC(=O)NC2CCCCC2C)nnc1-c1ccco1. The molecule has 2 aromatic heterocycles. The number of carbonyl (C=O) groups is 1. The highest BCUT2D eigenvalue weighted by molar-refractivity contribution is 7.99. The molecule has 1 N–H and O–H groups in total. The van der Waals surface area contributed by atoms with E-state index in [1.54, 1.807) is 6.26 Å². The predicted molar refractivity (Wildman–Crippen MR) is 93.7 cm³/mol. The summed E-state index contributed by atoms with van der Waals surface area (Å²) in [6.45, 7) is 4.98. The Kier molecular flexibility index (Phi) is 5.60. The number of rotatable bonds is 6. The molecule has 0 aromatic carbocycles. The van der Waals surface area contributed by atoms with Crippen LogP contribution < -0.4 is 5.32 Å². The lowest BCUT2D eigenvalue weighted by molar-refractivity contribution is -0.119. The van der Waals surface area contributed by atoms with Gasteiger partial charge in [0.2, 0.25) is 5.91 Å². The minimum atomic E-state index is 0.0731. The second kappa shape index (κ2) is 7.88. The molecule has 1 amide bonds. The first-order valence-corrected chi connectivity index (χ1v) is 9.56. The van der Waals surface area contributed by atoms with Crippen LogP contribution in [0.3, 0.4) is 0 Å². The molecule has 1 saturated carbocycles. The van der Waals surface area contributed by atoms with Crippen molar-refractivity contribution in [2.24, 2.45) is 5.92 Å². The van der Waals surface area contributed by atoms with Crippen LogP contribution in [0.1, 0.15) is 39.5 Å². The zero-order valence-electron chi connectivity index (χ0n) is 14.2. The lowest BCUT2D eigenvalue weighted by atomic mass is 9.86. The van der Waals surface area contributed by atoms with Crippen LogP contribution in [0.4, 0.5) is 0 Å². The van der Waals surface area contributed by atoms with Gasteiger partial charge in [0.1, 0.15) is 0 Å². The van der Waals surface area contributed by atoms with Crippen LogP contribution in [0, 0.1) is 5.92 Å². The standard InChI is InChI=1S/C17H24N4O2S/c1-3-21-16(14-9-6-10-23-14)19-20-17(21)24-11-15(22)18-13-8-5-4-7-12(13)2/h6,9-10,12-13H,3-5,7-8,11H2,1-2H3,(H,18,22). The molecule has 0 aliphatic heterocycles. The summed E-state index contributed by atoms with van der Waals surface area (Å²) in [7, 11) is 0. The molecule has 0 saturated heterocycles. The van der Waals surface area contributed by atoms with E-state index in [1.807, 2.05) is 23.6 Å². The van der Waals surface area contributed by atoms with E-state index in [0.29, 0.717) is 29.3 Å². The maximum atomic E-state index is 12.3. The summed E-state index contributed by atoms with van der Waals surface area (Å²) in [4.78, 5) is 12.3. The Balaban J connectivity index is 1.59. The Labute approximate surface area is 146 Å². The molecule has 2 aromatic rings. The van der Waals surface area contributed by atoms with Gasteiger partial charge >= 0.3 is 0 Å². The largest absolute Gasteiger partial charge is 0.461 e. The zero-order chi connectivity index (χ0) is 16.9. The first kappa shape index (κ1) is 17.1. The number of thioether (sulfide) groups is 1. The number of furan rings is 1. The van der Waals surface area contributed by atoms with Crippen molar-refractivity contribution in [2.75, 3.05) is 5.75 Å². The van der Waals surface area contributed by atoms with Crippen molar-refractivity contribution >= 4 is 17.7 Å². The lowest BCUT2D eigenvalue weighted by Crippen LogP contribution is -2.41. The van der Waals surface area contributed by atoms with Crippen molar-refractivity contribution in [3.8, 4) is 11.6 Å². The normalized spacial score (nSPS) is 20.9. The topological polar surface area (TPSA) is 73.0 Å². The third-order valence-corrected chi connectivity index (χ3v) is 5.53. The number of hydrogen-bond acceptors (Lipinski definition) is 5. The van der Waals surface area contributed by atoms with E-state index in [4.69, 9.17) is 4.42 Å². The van der Waals surface area contributed by atoms with Crippen molar-refractivity contribution < 1.29 is 9.21 Å². The third kappa shape index (κ3) is 3.83. The van der Waals surface area contributed by atoms with Gasteiger partial charge in [-0.25, -0.2) is 0 Å². The molecule has 0 spiro atoms. The second-order valence-electron chi connectivity index (χ2n) is 6.25. The molecule has 3 rings (SSSR count). The lowest BCUT2D eigenvalue weighted by Gasteiger charge is -2.29. The molecule has 1 fully saturated rings. The molecule has 24 heavy (non-hydrogen) atoms. The highest BCUT2D eigenvalue weighted by Crippen LogP contribution is 2.25. The van der Waals surface area contributed by atoms with E-state index in [9.17, 15) is 4.79 Å². The summed E-state index contributed by atoms with van der Waals surface area (Å²) in [5.74, 6) is 2.39. The van der Waals surface area contributed by atoms with Gasteiger partial charge in [0, 0.05) is 12.6 Å². The molecule has 0 bridgehead atoms. The number of hydrogen-bond donors (Lipinski definition) is 1. The number of carbonyl (C=O) groups excluding carboxylic acids is 1. The third-order valence-electron chi connectivity index (χ3n) is 4.56. The van der Waals surface area contributed by atoms with Gasteiger partial charge in [-0.05, 0) is 37.8 Å². The van der Waals surface area contributed by atoms with Crippen LogP contribution in [0.15, 0.2) is 28.0 Å². The van der Waals surface area contributed by atoms with Gasteiger partial charge in [0.15, 0.2) is 16.7 Å².